The van der Waals surface area contributed by atoms with Crippen LogP contribution in [0.2, 0.25) is 0 Å². The van der Waals surface area contributed by atoms with Crippen LogP contribution in [-0.2, 0) is 11.3 Å². The highest BCUT2D eigenvalue weighted by Gasteiger charge is 2.55. The number of aromatic nitrogens is 3. The Balaban J connectivity index is 1.53. The molecule has 3 atom stereocenters. The molecule has 2 aliphatic rings. The maximum atomic E-state index is 13.8. The Morgan fingerprint density at radius 2 is 1.97 bits per heavy atom. The molecule has 1 N–H and O–H groups in total. The van der Waals surface area contributed by atoms with Gasteiger partial charge in [-0.1, -0.05) is 47.7 Å². The van der Waals surface area contributed by atoms with Gasteiger partial charge in [-0.25, -0.2) is 4.99 Å². The van der Waals surface area contributed by atoms with Crippen molar-refractivity contribution in [2.75, 3.05) is 5.32 Å². The van der Waals surface area contributed by atoms with Gasteiger partial charge in [0.1, 0.15) is 11.7 Å². The van der Waals surface area contributed by atoms with Crippen molar-refractivity contribution in [2.45, 2.75) is 39.1 Å². The minimum atomic E-state index is -1.18. The van der Waals surface area contributed by atoms with E-state index in [4.69, 9.17) is 9.73 Å². The molecule has 2 bridgehead atoms. The molecule has 0 saturated heterocycles. The molecule has 36 heavy (non-hydrogen) atoms. The third kappa shape index (κ3) is 3.50. The number of para-hydroxylation sites is 2. The maximum absolute atomic E-state index is 13.8. The summed E-state index contributed by atoms with van der Waals surface area (Å²) in [6.45, 7) is 6.51. The highest BCUT2D eigenvalue weighted by atomic mass is 32.1. The Hall–Kier alpha value is -3.98. The predicted molar refractivity (Wildman–Crippen MR) is 138 cm³/mol. The van der Waals surface area contributed by atoms with Crippen molar-refractivity contribution in [1.82, 2.24) is 14.3 Å². The van der Waals surface area contributed by atoms with Crippen LogP contribution in [-0.4, -0.2) is 26.0 Å². The number of thiazole rings is 1. The number of amides is 1. The van der Waals surface area contributed by atoms with Crippen LogP contribution in [0.5, 0.6) is 5.75 Å². The first kappa shape index (κ1) is 22.5. The third-order valence-electron chi connectivity index (χ3n) is 6.83. The Morgan fingerprint density at radius 1 is 1.19 bits per heavy atom. The molecule has 0 saturated carbocycles. The molecule has 4 aromatic rings. The first-order valence-electron chi connectivity index (χ1n) is 11.9. The number of hydrogen-bond donors (Lipinski definition) is 1. The number of hydrogen-bond acceptors (Lipinski definition) is 6. The van der Waals surface area contributed by atoms with E-state index in [0.29, 0.717) is 20.8 Å². The van der Waals surface area contributed by atoms with Crippen LogP contribution in [0.3, 0.4) is 0 Å². The molecular weight excluding hydrogens is 474 g/mol. The van der Waals surface area contributed by atoms with E-state index in [1.165, 1.54) is 11.3 Å². The van der Waals surface area contributed by atoms with Gasteiger partial charge in [0.2, 0.25) is 11.6 Å². The summed E-state index contributed by atoms with van der Waals surface area (Å²) < 4.78 is 10.3. The molecule has 2 aliphatic heterocycles. The van der Waals surface area contributed by atoms with E-state index in [0.717, 1.165) is 23.4 Å². The van der Waals surface area contributed by atoms with Crippen molar-refractivity contribution in [3.05, 3.63) is 97.3 Å². The number of nitrogens with zero attached hydrogens (tertiary/aromatic N) is 4. The van der Waals surface area contributed by atoms with Gasteiger partial charge in [0.15, 0.2) is 4.80 Å². The summed E-state index contributed by atoms with van der Waals surface area (Å²) in [6.07, 6.45) is 3.66. The van der Waals surface area contributed by atoms with E-state index in [1.54, 1.807) is 10.6 Å². The minimum absolute atomic E-state index is 0.192. The second-order valence-electron chi connectivity index (χ2n) is 9.20. The van der Waals surface area contributed by atoms with Gasteiger partial charge in [-0.3, -0.25) is 18.8 Å². The van der Waals surface area contributed by atoms with E-state index < -0.39 is 17.7 Å². The third-order valence-corrected chi connectivity index (χ3v) is 7.81. The molecule has 0 spiro atoms. The molecule has 2 aromatic carbocycles. The van der Waals surface area contributed by atoms with Gasteiger partial charge in [0, 0.05) is 24.0 Å². The molecule has 0 unspecified atom stereocenters. The number of carbonyl (C=O) groups excluding carboxylic acids is 1. The fourth-order valence-electron chi connectivity index (χ4n) is 5.03. The lowest BCUT2D eigenvalue weighted by molar-refractivity contribution is -0.131. The van der Waals surface area contributed by atoms with Crippen LogP contribution in [0, 0.1) is 12.8 Å². The molecule has 1 amide bonds. The van der Waals surface area contributed by atoms with Crippen LogP contribution in [0.1, 0.15) is 36.7 Å². The summed E-state index contributed by atoms with van der Waals surface area (Å²) in [6, 6.07) is 16.5. The van der Waals surface area contributed by atoms with Crippen molar-refractivity contribution >= 4 is 29.0 Å². The number of nitrogens with one attached hydrogen (secondary N) is 1. The molecule has 6 rings (SSSR count). The average Bonchev–Trinajstić information content (AvgIpc) is 3.43. The van der Waals surface area contributed by atoms with Crippen molar-refractivity contribution < 1.29 is 9.53 Å². The molecule has 0 aliphatic carbocycles. The Bertz CT molecular complexity index is 1680. The van der Waals surface area contributed by atoms with E-state index in [-0.39, 0.29) is 11.5 Å². The summed E-state index contributed by atoms with van der Waals surface area (Å²) in [5.41, 5.74) is 1.80. The van der Waals surface area contributed by atoms with Crippen molar-refractivity contribution in [2.24, 2.45) is 10.9 Å². The van der Waals surface area contributed by atoms with Gasteiger partial charge >= 0.3 is 0 Å². The molecule has 0 radical (unpaired) electrons. The summed E-state index contributed by atoms with van der Waals surface area (Å²) in [5, 5.41) is 7.55. The number of fused-ring (bicyclic) bond motifs is 6. The lowest BCUT2D eigenvalue weighted by atomic mass is 9.80. The van der Waals surface area contributed by atoms with Crippen molar-refractivity contribution in [3.8, 4) is 5.75 Å². The molecule has 182 valence electrons. The van der Waals surface area contributed by atoms with E-state index >= 15 is 0 Å². The number of benzene rings is 2. The Kier molecular flexibility index (Phi) is 5.19. The molecule has 9 heteroatoms. The second kappa shape index (κ2) is 8.30. The summed E-state index contributed by atoms with van der Waals surface area (Å²) in [4.78, 5) is 33.0. The zero-order valence-corrected chi connectivity index (χ0v) is 21.0. The van der Waals surface area contributed by atoms with Gasteiger partial charge in [-0.05, 0) is 50.6 Å². The fourth-order valence-corrected chi connectivity index (χ4v) is 6.12. The van der Waals surface area contributed by atoms with Gasteiger partial charge in [0.25, 0.3) is 5.56 Å². The number of rotatable bonds is 4. The van der Waals surface area contributed by atoms with E-state index in [2.05, 4.69) is 10.4 Å². The molecule has 8 nitrogen and oxygen atoms in total. The lowest BCUT2D eigenvalue weighted by Crippen LogP contribution is -2.59. The Morgan fingerprint density at radius 3 is 2.75 bits per heavy atom. The maximum Gasteiger partial charge on any atom is 0.270 e. The molecule has 4 heterocycles. The van der Waals surface area contributed by atoms with Crippen LogP contribution in [0.15, 0.2) is 70.6 Å². The molecule has 0 fully saturated rings. The average molecular weight is 500 g/mol. The van der Waals surface area contributed by atoms with Crippen molar-refractivity contribution in [3.63, 3.8) is 0 Å². The normalized spacial score (nSPS) is 22.2. The Labute approximate surface area is 211 Å². The van der Waals surface area contributed by atoms with E-state index in [9.17, 15) is 9.59 Å². The SMILES string of the molecule is CCn1ccc(/C=c2/sc3n(c2=O)[C@H]2c4ccccc4O[C@](C)(N=3)[C@@H]2C(=O)Nc2ccccc2C)n1. The topological polar surface area (TPSA) is 90.5 Å². The zero-order valence-electron chi connectivity index (χ0n) is 20.1. The lowest BCUT2D eigenvalue weighted by Gasteiger charge is -2.45. The monoisotopic (exact) mass is 499 g/mol. The predicted octanol–water partition coefficient (Wildman–Crippen LogP) is 2.85. The number of anilines is 1. The highest BCUT2D eigenvalue weighted by Crippen LogP contribution is 2.47. The van der Waals surface area contributed by atoms with Gasteiger partial charge in [0.05, 0.1) is 16.3 Å². The summed E-state index contributed by atoms with van der Waals surface area (Å²) in [7, 11) is 0. The quantitative estimate of drug-likeness (QED) is 0.468. The zero-order chi connectivity index (χ0) is 25.0. The molecular formula is C27H25N5O3S. The summed E-state index contributed by atoms with van der Waals surface area (Å²) in [5.74, 6) is -0.366. The van der Waals surface area contributed by atoms with Crippen LogP contribution < -0.4 is 24.9 Å². The fraction of sp³-hybridized carbons (Fsp3) is 0.259. The smallest absolute Gasteiger partial charge is 0.270 e. The first-order valence-corrected chi connectivity index (χ1v) is 12.7. The van der Waals surface area contributed by atoms with Gasteiger partial charge in [-0.2, -0.15) is 5.10 Å². The minimum Gasteiger partial charge on any atom is -0.465 e. The van der Waals surface area contributed by atoms with Crippen LogP contribution in [0.4, 0.5) is 5.69 Å². The van der Waals surface area contributed by atoms with Crippen LogP contribution >= 0.6 is 11.3 Å². The number of carbonyl (C=O) groups is 1. The largest absolute Gasteiger partial charge is 0.465 e. The van der Waals surface area contributed by atoms with Crippen molar-refractivity contribution in [1.29, 1.82) is 0 Å². The van der Waals surface area contributed by atoms with Crippen LogP contribution in [0.25, 0.3) is 6.08 Å². The highest BCUT2D eigenvalue weighted by molar-refractivity contribution is 7.07. The number of ether oxygens (including phenoxy) is 1. The second-order valence-corrected chi connectivity index (χ2v) is 10.2. The van der Waals surface area contributed by atoms with E-state index in [1.807, 2.05) is 86.2 Å². The first-order chi connectivity index (χ1) is 17.4. The molecule has 2 aromatic heterocycles. The van der Waals surface area contributed by atoms with Gasteiger partial charge in [-0.15, -0.1) is 0 Å². The van der Waals surface area contributed by atoms with Gasteiger partial charge < -0.3 is 10.1 Å². The standard InChI is InChI=1S/C27H25N5O3S/c1-4-31-14-13-17(30-31)15-21-25(34)32-23-18-10-6-8-12-20(18)35-27(3,29-26(32)36-21)22(23)24(33)28-19-11-7-5-9-16(19)2/h5-15,22-23H,4H2,1-3H3,(H,28,33)/b21-15+/t22-,23-,27-/m0/s1. The number of aryl methyl sites for hydroxylation is 2. The summed E-state index contributed by atoms with van der Waals surface area (Å²) >= 11 is 1.29.